The summed E-state index contributed by atoms with van der Waals surface area (Å²) in [6.45, 7) is -0.151. The van der Waals surface area contributed by atoms with Crippen LogP contribution in [-0.2, 0) is 4.79 Å². The molecule has 70 valence electrons. The highest BCUT2D eigenvalue weighted by Gasteiger charge is 2.02. The number of carboxylic acids is 1. The Labute approximate surface area is 75.4 Å². The summed E-state index contributed by atoms with van der Waals surface area (Å²) in [6, 6.07) is 1.66. The van der Waals surface area contributed by atoms with Gasteiger partial charge in [0, 0.05) is 12.3 Å². The van der Waals surface area contributed by atoms with Crippen molar-refractivity contribution < 1.29 is 14.6 Å². The SMILES string of the molecule is COc1ccncc1NCC(=O)O. The van der Waals surface area contributed by atoms with E-state index in [1.54, 1.807) is 12.3 Å². The number of pyridine rings is 1. The van der Waals surface area contributed by atoms with Crippen molar-refractivity contribution in [2.45, 2.75) is 0 Å². The third-order valence-corrected chi connectivity index (χ3v) is 1.43. The van der Waals surface area contributed by atoms with Gasteiger partial charge in [-0.1, -0.05) is 0 Å². The summed E-state index contributed by atoms with van der Waals surface area (Å²) in [6.07, 6.45) is 3.09. The average Bonchev–Trinajstić information content (AvgIpc) is 2.15. The van der Waals surface area contributed by atoms with E-state index in [4.69, 9.17) is 9.84 Å². The normalized spacial score (nSPS) is 9.31. The summed E-state index contributed by atoms with van der Waals surface area (Å²) in [5, 5.41) is 11.1. The Balaban J connectivity index is 2.69. The van der Waals surface area contributed by atoms with Crippen molar-refractivity contribution in [1.29, 1.82) is 0 Å². The topological polar surface area (TPSA) is 71.5 Å². The molecule has 1 aromatic rings. The molecule has 5 nitrogen and oxygen atoms in total. The lowest BCUT2D eigenvalue weighted by atomic mass is 10.4. The first kappa shape index (κ1) is 9.31. The summed E-state index contributed by atoms with van der Waals surface area (Å²) < 4.78 is 4.98. The minimum absolute atomic E-state index is 0.151. The molecule has 0 saturated carbocycles. The molecule has 5 heteroatoms. The molecule has 0 spiro atoms. The maximum absolute atomic E-state index is 10.2. The molecule has 0 atom stereocenters. The standard InChI is InChI=1S/C8H10N2O3/c1-13-7-2-3-9-4-6(7)10-5-8(11)12/h2-4,10H,5H2,1H3,(H,11,12). The van der Waals surface area contributed by atoms with Crippen LogP contribution < -0.4 is 10.1 Å². The number of nitrogens with zero attached hydrogens (tertiary/aromatic N) is 1. The van der Waals surface area contributed by atoms with Gasteiger partial charge in [0.2, 0.25) is 0 Å². The maximum atomic E-state index is 10.2. The zero-order chi connectivity index (χ0) is 9.68. The molecule has 0 aromatic carbocycles. The molecule has 13 heavy (non-hydrogen) atoms. The van der Waals surface area contributed by atoms with Crippen molar-refractivity contribution >= 4 is 11.7 Å². The van der Waals surface area contributed by atoms with Gasteiger partial charge in [-0.15, -0.1) is 0 Å². The highest BCUT2D eigenvalue weighted by molar-refractivity contribution is 5.73. The molecule has 0 aliphatic rings. The highest BCUT2D eigenvalue weighted by Crippen LogP contribution is 2.20. The van der Waals surface area contributed by atoms with Crippen molar-refractivity contribution in [2.75, 3.05) is 19.0 Å². The van der Waals surface area contributed by atoms with Crippen molar-refractivity contribution in [2.24, 2.45) is 0 Å². The van der Waals surface area contributed by atoms with Gasteiger partial charge in [-0.2, -0.15) is 0 Å². The third kappa shape index (κ3) is 2.62. The first-order valence-electron chi connectivity index (χ1n) is 3.67. The Hall–Kier alpha value is -1.78. The fraction of sp³-hybridized carbons (Fsp3) is 0.250. The van der Waals surface area contributed by atoms with Gasteiger partial charge in [-0.25, -0.2) is 0 Å². The zero-order valence-corrected chi connectivity index (χ0v) is 7.15. The number of carboxylic acid groups (broad SMARTS) is 1. The van der Waals surface area contributed by atoms with Gasteiger partial charge in [0.1, 0.15) is 12.3 Å². The molecule has 1 heterocycles. The minimum Gasteiger partial charge on any atom is -0.494 e. The van der Waals surface area contributed by atoms with Crippen LogP contribution in [0.15, 0.2) is 18.5 Å². The Morgan fingerprint density at radius 2 is 2.54 bits per heavy atom. The summed E-state index contributed by atoms with van der Waals surface area (Å²) in [5.74, 6) is -0.345. The van der Waals surface area contributed by atoms with Gasteiger partial charge in [0.25, 0.3) is 0 Å². The number of rotatable bonds is 4. The maximum Gasteiger partial charge on any atom is 0.322 e. The monoisotopic (exact) mass is 182 g/mol. The molecular weight excluding hydrogens is 172 g/mol. The molecule has 0 aliphatic heterocycles. The van der Waals surface area contributed by atoms with E-state index < -0.39 is 5.97 Å². The number of nitrogens with one attached hydrogen (secondary N) is 1. The van der Waals surface area contributed by atoms with Crippen LogP contribution in [0, 0.1) is 0 Å². The largest absolute Gasteiger partial charge is 0.494 e. The van der Waals surface area contributed by atoms with Crippen LogP contribution >= 0.6 is 0 Å². The lowest BCUT2D eigenvalue weighted by Crippen LogP contribution is -2.12. The molecule has 0 aliphatic carbocycles. The molecule has 0 bridgehead atoms. The number of aliphatic carboxylic acids is 1. The number of ether oxygens (including phenoxy) is 1. The van der Waals surface area contributed by atoms with E-state index in [-0.39, 0.29) is 6.54 Å². The van der Waals surface area contributed by atoms with Crippen molar-refractivity contribution in [1.82, 2.24) is 4.98 Å². The highest BCUT2D eigenvalue weighted by atomic mass is 16.5. The lowest BCUT2D eigenvalue weighted by Gasteiger charge is -2.07. The quantitative estimate of drug-likeness (QED) is 0.712. The van der Waals surface area contributed by atoms with Crippen LogP contribution in [0.25, 0.3) is 0 Å². The van der Waals surface area contributed by atoms with Crippen LogP contribution in [0.2, 0.25) is 0 Å². The number of hydrogen-bond donors (Lipinski definition) is 2. The molecule has 0 unspecified atom stereocenters. The van der Waals surface area contributed by atoms with E-state index in [2.05, 4.69) is 10.3 Å². The van der Waals surface area contributed by atoms with Gasteiger partial charge in [0.05, 0.1) is 19.0 Å². The first-order chi connectivity index (χ1) is 6.24. The van der Waals surface area contributed by atoms with Crippen LogP contribution in [0.4, 0.5) is 5.69 Å². The van der Waals surface area contributed by atoms with Crippen molar-refractivity contribution in [3.8, 4) is 5.75 Å². The second kappa shape index (κ2) is 4.30. The summed E-state index contributed by atoms with van der Waals surface area (Å²) in [5.41, 5.74) is 0.576. The number of carbonyl (C=O) groups is 1. The molecule has 2 N–H and O–H groups in total. The Bertz CT molecular complexity index is 301. The van der Waals surface area contributed by atoms with Crippen LogP contribution in [0.1, 0.15) is 0 Å². The Morgan fingerprint density at radius 1 is 1.77 bits per heavy atom. The molecule has 1 rings (SSSR count). The molecule has 0 amide bonds. The van der Waals surface area contributed by atoms with Crippen LogP contribution in [-0.4, -0.2) is 29.7 Å². The first-order valence-corrected chi connectivity index (χ1v) is 3.67. The molecular formula is C8H10N2O3. The van der Waals surface area contributed by atoms with E-state index in [0.717, 1.165) is 0 Å². The summed E-state index contributed by atoms with van der Waals surface area (Å²) in [7, 11) is 1.52. The van der Waals surface area contributed by atoms with Gasteiger partial charge in [-0.3, -0.25) is 9.78 Å². The van der Waals surface area contributed by atoms with E-state index in [9.17, 15) is 4.79 Å². The lowest BCUT2D eigenvalue weighted by molar-refractivity contribution is -0.134. The second-order valence-electron chi connectivity index (χ2n) is 2.32. The molecule has 0 fully saturated rings. The average molecular weight is 182 g/mol. The van der Waals surface area contributed by atoms with Crippen molar-refractivity contribution in [3.63, 3.8) is 0 Å². The van der Waals surface area contributed by atoms with Crippen LogP contribution in [0.3, 0.4) is 0 Å². The third-order valence-electron chi connectivity index (χ3n) is 1.43. The van der Waals surface area contributed by atoms with Crippen molar-refractivity contribution in [3.05, 3.63) is 18.5 Å². The number of hydrogen-bond acceptors (Lipinski definition) is 4. The number of anilines is 1. The van der Waals surface area contributed by atoms with E-state index in [1.165, 1.54) is 13.3 Å². The fourth-order valence-electron chi connectivity index (χ4n) is 0.863. The van der Waals surface area contributed by atoms with E-state index in [0.29, 0.717) is 11.4 Å². The van der Waals surface area contributed by atoms with Crippen LogP contribution in [0.5, 0.6) is 5.75 Å². The zero-order valence-electron chi connectivity index (χ0n) is 7.15. The smallest absolute Gasteiger partial charge is 0.322 e. The summed E-state index contributed by atoms with van der Waals surface area (Å²) >= 11 is 0. The number of methoxy groups -OCH3 is 1. The fourth-order valence-corrected chi connectivity index (χ4v) is 0.863. The van der Waals surface area contributed by atoms with E-state index in [1.807, 2.05) is 0 Å². The number of aromatic nitrogens is 1. The molecule has 0 radical (unpaired) electrons. The van der Waals surface area contributed by atoms with Gasteiger partial charge in [-0.05, 0) is 0 Å². The minimum atomic E-state index is -0.925. The van der Waals surface area contributed by atoms with Gasteiger partial charge >= 0.3 is 5.97 Å². The predicted octanol–water partition coefficient (Wildman–Crippen LogP) is 0.587. The predicted molar refractivity (Wildman–Crippen MR) is 46.9 cm³/mol. The van der Waals surface area contributed by atoms with Gasteiger partial charge in [0.15, 0.2) is 0 Å². The molecule has 0 saturated heterocycles. The van der Waals surface area contributed by atoms with Gasteiger partial charge < -0.3 is 15.2 Å². The second-order valence-corrected chi connectivity index (χ2v) is 2.32. The Morgan fingerprint density at radius 3 is 3.15 bits per heavy atom. The molecule has 1 aromatic heterocycles. The Kier molecular flexibility index (Phi) is 3.08. The van der Waals surface area contributed by atoms with E-state index >= 15 is 0 Å². The summed E-state index contributed by atoms with van der Waals surface area (Å²) in [4.78, 5) is 14.1.